The first-order chi connectivity index (χ1) is 10.9. The highest BCUT2D eigenvalue weighted by Gasteiger charge is 2.30. The van der Waals surface area contributed by atoms with Crippen LogP contribution in [0, 0.1) is 0 Å². The van der Waals surface area contributed by atoms with Crippen LogP contribution < -0.4 is 5.56 Å². The summed E-state index contributed by atoms with van der Waals surface area (Å²) in [6.45, 7) is 0.597. The van der Waals surface area contributed by atoms with E-state index in [9.17, 15) is 18.0 Å². The molecule has 2 aromatic rings. The third-order valence-corrected chi connectivity index (χ3v) is 3.80. The molecule has 1 aliphatic rings. The van der Waals surface area contributed by atoms with Gasteiger partial charge < -0.3 is 4.74 Å². The van der Waals surface area contributed by atoms with Crippen LogP contribution in [0.3, 0.4) is 0 Å². The van der Waals surface area contributed by atoms with Crippen molar-refractivity contribution in [3.63, 3.8) is 0 Å². The summed E-state index contributed by atoms with van der Waals surface area (Å²) in [7, 11) is 0. The van der Waals surface area contributed by atoms with Gasteiger partial charge in [-0.15, -0.1) is 0 Å². The van der Waals surface area contributed by atoms with Crippen LogP contribution in [0.25, 0.3) is 11.1 Å². The van der Waals surface area contributed by atoms with Crippen molar-refractivity contribution in [1.29, 1.82) is 0 Å². The molecule has 0 bridgehead atoms. The first-order valence-corrected chi connectivity index (χ1v) is 7.33. The normalized spacial score (nSPS) is 18.8. The second kappa shape index (κ2) is 6.16. The lowest BCUT2D eigenvalue weighted by Crippen LogP contribution is -2.30. The van der Waals surface area contributed by atoms with Crippen LogP contribution in [-0.2, 0) is 10.9 Å². The molecule has 1 unspecified atom stereocenters. The number of hydrogen-bond acceptors (Lipinski definition) is 3. The fourth-order valence-corrected chi connectivity index (χ4v) is 2.56. The molecular formula is C16H15F3N2O2. The Kier molecular flexibility index (Phi) is 4.21. The minimum atomic E-state index is -4.38. The minimum Gasteiger partial charge on any atom is -0.356 e. The van der Waals surface area contributed by atoms with Crippen molar-refractivity contribution < 1.29 is 17.9 Å². The molecule has 3 rings (SSSR count). The van der Waals surface area contributed by atoms with Crippen molar-refractivity contribution in [3.05, 3.63) is 52.4 Å². The summed E-state index contributed by atoms with van der Waals surface area (Å²) in [6.07, 6.45) is -0.598. The number of hydrogen-bond donors (Lipinski definition) is 0. The van der Waals surface area contributed by atoms with E-state index in [2.05, 4.69) is 5.10 Å². The van der Waals surface area contributed by atoms with E-state index in [0.29, 0.717) is 17.7 Å². The summed E-state index contributed by atoms with van der Waals surface area (Å²) in [5.74, 6) is 0. The van der Waals surface area contributed by atoms with E-state index >= 15 is 0 Å². The van der Waals surface area contributed by atoms with Gasteiger partial charge in [0.15, 0.2) is 6.23 Å². The lowest BCUT2D eigenvalue weighted by atomic mass is 10.1. The second-order valence-electron chi connectivity index (χ2n) is 5.42. The van der Waals surface area contributed by atoms with Gasteiger partial charge in [-0.05, 0) is 37.0 Å². The molecule has 1 aliphatic heterocycles. The van der Waals surface area contributed by atoms with Gasteiger partial charge in [-0.3, -0.25) is 4.79 Å². The van der Waals surface area contributed by atoms with Crippen molar-refractivity contribution >= 4 is 0 Å². The second-order valence-corrected chi connectivity index (χ2v) is 5.42. The Morgan fingerprint density at radius 2 is 1.87 bits per heavy atom. The SMILES string of the molecule is O=c1cc(-c2ccc(C(F)(F)F)cc2)cnn1C1CCCCO1. The largest absolute Gasteiger partial charge is 0.416 e. The summed E-state index contributed by atoms with van der Waals surface area (Å²) in [5.41, 5.74) is -0.0532. The van der Waals surface area contributed by atoms with Gasteiger partial charge in [-0.2, -0.15) is 18.3 Å². The van der Waals surface area contributed by atoms with Gasteiger partial charge in [-0.25, -0.2) is 4.68 Å². The maximum absolute atomic E-state index is 12.6. The highest BCUT2D eigenvalue weighted by Crippen LogP contribution is 2.30. The molecule has 0 aliphatic carbocycles. The minimum absolute atomic E-state index is 0.325. The standard InChI is InChI=1S/C16H15F3N2O2/c17-16(18,19)13-6-4-11(5-7-13)12-9-14(22)21(20-10-12)15-3-1-2-8-23-15/h4-7,9-10,15H,1-3,8H2. The van der Waals surface area contributed by atoms with E-state index in [1.54, 1.807) is 0 Å². The Hall–Kier alpha value is -2.15. The summed E-state index contributed by atoms with van der Waals surface area (Å²) >= 11 is 0. The summed E-state index contributed by atoms with van der Waals surface area (Å²) < 4.78 is 44.5. The quantitative estimate of drug-likeness (QED) is 0.847. The molecule has 0 N–H and O–H groups in total. The zero-order valence-electron chi connectivity index (χ0n) is 12.2. The van der Waals surface area contributed by atoms with Crippen LogP contribution in [0.15, 0.2) is 41.3 Å². The van der Waals surface area contributed by atoms with E-state index in [0.717, 1.165) is 31.4 Å². The molecule has 0 saturated carbocycles. The van der Waals surface area contributed by atoms with Crippen molar-refractivity contribution in [3.8, 4) is 11.1 Å². The van der Waals surface area contributed by atoms with Gasteiger partial charge in [0.1, 0.15) is 0 Å². The van der Waals surface area contributed by atoms with E-state index in [1.165, 1.54) is 29.1 Å². The van der Waals surface area contributed by atoms with Crippen LogP contribution in [0.5, 0.6) is 0 Å². The van der Waals surface area contributed by atoms with E-state index in [1.807, 2.05) is 0 Å². The lowest BCUT2D eigenvalue weighted by molar-refractivity contribution is -0.137. The molecule has 1 saturated heterocycles. The molecule has 23 heavy (non-hydrogen) atoms. The molecule has 2 heterocycles. The van der Waals surface area contributed by atoms with Crippen LogP contribution in [0.4, 0.5) is 13.2 Å². The van der Waals surface area contributed by atoms with Crippen molar-refractivity contribution in [2.75, 3.05) is 6.61 Å². The fraction of sp³-hybridized carbons (Fsp3) is 0.375. The Labute approximate surface area is 130 Å². The molecule has 1 fully saturated rings. The molecule has 122 valence electrons. The van der Waals surface area contributed by atoms with Crippen molar-refractivity contribution in [1.82, 2.24) is 9.78 Å². The number of nitrogens with zero attached hydrogens (tertiary/aromatic N) is 2. The van der Waals surface area contributed by atoms with Gasteiger partial charge in [0, 0.05) is 18.2 Å². The van der Waals surface area contributed by atoms with Crippen LogP contribution in [0.1, 0.15) is 31.1 Å². The van der Waals surface area contributed by atoms with E-state index in [4.69, 9.17) is 4.74 Å². The summed E-state index contributed by atoms with van der Waals surface area (Å²) in [4.78, 5) is 12.2. The number of alkyl halides is 3. The number of ether oxygens (including phenoxy) is 1. The lowest BCUT2D eigenvalue weighted by Gasteiger charge is -2.23. The predicted molar refractivity (Wildman–Crippen MR) is 77.8 cm³/mol. The molecule has 4 nitrogen and oxygen atoms in total. The van der Waals surface area contributed by atoms with Crippen LogP contribution in [-0.4, -0.2) is 16.4 Å². The summed E-state index contributed by atoms with van der Waals surface area (Å²) in [5, 5.41) is 4.11. The molecule has 0 radical (unpaired) electrons. The first-order valence-electron chi connectivity index (χ1n) is 7.33. The van der Waals surface area contributed by atoms with Gasteiger partial charge in [-0.1, -0.05) is 12.1 Å². The number of aromatic nitrogens is 2. The van der Waals surface area contributed by atoms with Crippen LogP contribution in [0.2, 0.25) is 0 Å². The molecule has 1 aromatic heterocycles. The Morgan fingerprint density at radius 1 is 1.13 bits per heavy atom. The molecular weight excluding hydrogens is 309 g/mol. The zero-order chi connectivity index (χ0) is 16.4. The first kappa shape index (κ1) is 15.7. The van der Waals surface area contributed by atoms with Gasteiger partial charge in [0.25, 0.3) is 5.56 Å². The Morgan fingerprint density at radius 3 is 2.43 bits per heavy atom. The van der Waals surface area contributed by atoms with Crippen molar-refractivity contribution in [2.45, 2.75) is 31.7 Å². The third kappa shape index (κ3) is 3.44. The van der Waals surface area contributed by atoms with Crippen LogP contribution >= 0.6 is 0 Å². The Bertz CT molecular complexity index is 732. The fourth-order valence-electron chi connectivity index (χ4n) is 2.56. The number of halogens is 3. The molecule has 1 atom stereocenters. The van der Waals surface area contributed by atoms with Gasteiger partial charge in [0.05, 0.1) is 11.8 Å². The third-order valence-electron chi connectivity index (χ3n) is 3.80. The number of rotatable bonds is 2. The maximum atomic E-state index is 12.6. The molecule has 1 aromatic carbocycles. The maximum Gasteiger partial charge on any atom is 0.416 e. The number of benzene rings is 1. The van der Waals surface area contributed by atoms with Crippen molar-refractivity contribution in [2.24, 2.45) is 0 Å². The molecule has 7 heteroatoms. The molecule has 0 amide bonds. The van der Waals surface area contributed by atoms with E-state index < -0.39 is 11.7 Å². The van der Waals surface area contributed by atoms with Gasteiger partial charge in [0.2, 0.25) is 0 Å². The Balaban J connectivity index is 1.86. The smallest absolute Gasteiger partial charge is 0.356 e. The summed E-state index contributed by atoms with van der Waals surface area (Å²) in [6, 6.07) is 6.02. The average Bonchev–Trinajstić information content (AvgIpc) is 2.55. The average molecular weight is 324 g/mol. The van der Waals surface area contributed by atoms with Gasteiger partial charge >= 0.3 is 6.18 Å². The molecule has 0 spiro atoms. The topological polar surface area (TPSA) is 44.1 Å². The van der Waals surface area contributed by atoms with E-state index in [-0.39, 0.29) is 11.8 Å². The zero-order valence-corrected chi connectivity index (χ0v) is 12.2. The monoisotopic (exact) mass is 324 g/mol. The highest BCUT2D eigenvalue weighted by atomic mass is 19.4. The highest BCUT2D eigenvalue weighted by molar-refractivity contribution is 5.62. The predicted octanol–water partition coefficient (Wildman–Crippen LogP) is 3.63.